The Morgan fingerprint density at radius 1 is 1.44 bits per heavy atom. The molecule has 0 N–H and O–H groups in total. The van der Waals surface area contributed by atoms with E-state index in [-0.39, 0.29) is 12.3 Å². The maximum Gasteiger partial charge on any atom is 0.162 e. The number of rotatable bonds is 4. The fraction of sp³-hybridized carbons (Fsp3) is 0.200. The van der Waals surface area contributed by atoms with E-state index in [1.165, 1.54) is 19.3 Å². The lowest BCUT2D eigenvalue weighted by atomic mass is 10.1. The number of halogens is 2. The summed E-state index contributed by atoms with van der Waals surface area (Å²) in [6.07, 6.45) is 3.02. The van der Waals surface area contributed by atoms with E-state index < -0.39 is 11.6 Å². The summed E-state index contributed by atoms with van der Waals surface area (Å²) in [5.74, 6) is -1.70. The zero-order valence-corrected chi connectivity index (χ0v) is 8.52. The number of hydrogen-bond donors (Lipinski definition) is 0. The van der Waals surface area contributed by atoms with Gasteiger partial charge in [-0.05, 0) is 11.6 Å². The molecular weight excluding hydrogens is 216 g/mol. The van der Waals surface area contributed by atoms with Crippen LogP contribution in [-0.2, 0) is 0 Å². The summed E-state index contributed by atoms with van der Waals surface area (Å²) in [5.41, 5.74) is 8.42. The van der Waals surface area contributed by atoms with Gasteiger partial charge in [0.2, 0.25) is 0 Å². The molecule has 6 heteroatoms. The Hall–Kier alpha value is -2.07. The van der Waals surface area contributed by atoms with E-state index >= 15 is 0 Å². The number of nitrogens with zero attached hydrogens (tertiary/aromatic N) is 3. The van der Waals surface area contributed by atoms with Gasteiger partial charge in [-0.1, -0.05) is 17.3 Å². The zero-order valence-electron chi connectivity index (χ0n) is 8.52. The molecule has 0 atom stereocenters. The van der Waals surface area contributed by atoms with Gasteiger partial charge in [0.25, 0.3) is 0 Å². The molecule has 84 valence electrons. The first-order chi connectivity index (χ1) is 7.69. The molecule has 0 bridgehead atoms. The largest absolute Gasteiger partial charge is 0.496 e. The summed E-state index contributed by atoms with van der Waals surface area (Å²) in [4.78, 5) is 2.55. The maximum atomic E-state index is 12.9. The fourth-order valence-electron chi connectivity index (χ4n) is 1.11. The number of methoxy groups -OCH3 is 1. The van der Waals surface area contributed by atoms with E-state index in [0.717, 1.165) is 12.1 Å². The number of hydrogen-bond acceptors (Lipinski definition) is 2. The third kappa shape index (κ3) is 2.96. The molecule has 0 fully saturated rings. The Kier molecular flexibility index (Phi) is 4.29. The predicted octanol–water partition coefficient (Wildman–Crippen LogP) is 3.30. The molecule has 0 aliphatic rings. The van der Waals surface area contributed by atoms with Gasteiger partial charge in [0.1, 0.15) is 5.75 Å². The first kappa shape index (κ1) is 12.0. The smallest absolute Gasteiger partial charge is 0.162 e. The first-order valence-electron chi connectivity index (χ1n) is 4.39. The summed E-state index contributed by atoms with van der Waals surface area (Å²) in [6.45, 7) is 0.138. The Balaban J connectivity index is 2.98. The van der Waals surface area contributed by atoms with Crippen molar-refractivity contribution in [3.8, 4) is 5.75 Å². The fourth-order valence-corrected chi connectivity index (χ4v) is 1.11. The van der Waals surface area contributed by atoms with Gasteiger partial charge >= 0.3 is 0 Å². The summed E-state index contributed by atoms with van der Waals surface area (Å²) in [6, 6.07) is 1.98. The van der Waals surface area contributed by atoms with Crippen LogP contribution in [0.5, 0.6) is 5.75 Å². The van der Waals surface area contributed by atoms with Gasteiger partial charge in [0.05, 0.1) is 7.11 Å². The van der Waals surface area contributed by atoms with Gasteiger partial charge in [0, 0.05) is 23.1 Å². The molecule has 0 aliphatic carbocycles. The Labute approximate surface area is 90.8 Å². The minimum atomic E-state index is -0.968. The van der Waals surface area contributed by atoms with Crippen molar-refractivity contribution >= 4 is 6.08 Å². The molecule has 4 nitrogen and oxygen atoms in total. The van der Waals surface area contributed by atoms with Crippen LogP contribution in [0, 0.1) is 11.6 Å². The number of azide groups is 1. The average molecular weight is 225 g/mol. The summed E-state index contributed by atoms with van der Waals surface area (Å²) in [5, 5.41) is 3.27. The van der Waals surface area contributed by atoms with Gasteiger partial charge in [-0.25, -0.2) is 8.78 Å². The van der Waals surface area contributed by atoms with Crippen molar-refractivity contribution in [2.45, 2.75) is 0 Å². The van der Waals surface area contributed by atoms with Gasteiger partial charge in [-0.2, -0.15) is 0 Å². The predicted molar refractivity (Wildman–Crippen MR) is 56.0 cm³/mol. The summed E-state index contributed by atoms with van der Waals surface area (Å²) >= 11 is 0. The van der Waals surface area contributed by atoms with Crippen molar-refractivity contribution in [1.82, 2.24) is 0 Å². The van der Waals surface area contributed by atoms with E-state index in [0.29, 0.717) is 5.56 Å². The van der Waals surface area contributed by atoms with Gasteiger partial charge in [0.15, 0.2) is 11.6 Å². The third-order valence-electron chi connectivity index (χ3n) is 1.82. The molecule has 1 aromatic rings. The van der Waals surface area contributed by atoms with Crippen LogP contribution in [0.4, 0.5) is 8.78 Å². The Morgan fingerprint density at radius 2 is 2.12 bits per heavy atom. The molecule has 0 aliphatic heterocycles. The molecule has 0 spiro atoms. The lowest BCUT2D eigenvalue weighted by Gasteiger charge is -2.05. The van der Waals surface area contributed by atoms with Crippen molar-refractivity contribution in [3.05, 3.63) is 45.8 Å². The van der Waals surface area contributed by atoms with Crippen LogP contribution in [0.15, 0.2) is 23.3 Å². The van der Waals surface area contributed by atoms with E-state index in [9.17, 15) is 8.78 Å². The highest BCUT2D eigenvalue weighted by molar-refractivity contribution is 5.57. The second-order valence-corrected chi connectivity index (χ2v) is 2.82. The topological polar surface area (TPSA) is 58.0 Å². The molecular formula is C10H9F2N3O. The molecule has 1 aromatic carbocycles. The van der Waals surface area contributed by atoms with Crippen LogP contribution in [0.25, 0.3) is 16.5 Å². The monoisotopic (exact) mass is 225 g/mol. The highest BCUT2D eigenvalue weighted by Crippen LogP contribution is 2.23. The normalized spacial score (nSPS) is 10.2. The van der Waals surface area contributed by atoms with Crippen molar-refractivity contribution in [2.75, 3.05) is 13.7 Å². The SMILES string of the molecule is COc1cc(F)c(F)cc1C=CCN=[N+]=[N-]. The lowest BCUT2D eigenvalue weighted by Crippen LogP contribution is -1.92. The van der Waals surface area contributed by atoms with E-state index in [1.54, 1.807) is 0 Å². The second-order valence-electron chi connectivity index (χ2n) is 2.82. The molecule has 0 unspecified atom stereocenters. The highest BCUT2D eigenvalue weighted by atomic mass is 19.2. The highest BCUT2D eigenvalue weighted by Gasteiger charge is 2.07. The zero-order chi connectivity index (χ0) is 12.0. The molecule has 0 radical (unpaired) electrons. The van der Waals surface area contributed by atoms with E-state index in [2.05, 4.69) is 10.0 Å². The van der Waals surface area contributed by atoms with E-state index in [4.69, 9.17) is 10.3 Å². The van der Waals surface area contributed by atoms with Gasteiger partial charge in [-0.15, -0.1) is 0 Å². The molecule has 0 heterocycles. The Bertz CT molecular complexity index is 454. The minimum Gasteiger partial charge on any atom is -0.496 e. The molecule has 0 saturated heterocycles. The molecule has 16 heavy (non-hydrogen) atoms. The number of benzene rings is 1. The number of ether oxygens (including phenoxy) is 1. The van der Waals surface area contributed by atoms with Gasteiger partial charge in [-0.3, -0.25) is 0 Å². The maximum absolute atomic E-state index is 12.9. The second kappa shape index (κ2) is 5.72. The lowest BCUT2D eigenvalue weighted by molar-refractivity contribution is 0.405. The van der Waals surface area contributed by atoms with Crippen LogP contribution in [0.2, 0.25) is 0 Å². The average Bonchev–Trinajstić information content (AvgIpc) is 2.28. The molecule has 0 amide bonds. The van der Waals surface area contributed by atoms with Crippen LogP contribution < -0.4 is 4.74 Å². The quantitative estimate of drug-likeness (QED) is 0.440. The van der Waals surface area contributed by atoms with Crippen LogP contribution in [-0.4, -0.2) is 13.7 Å². The van der Waals surface area contributed by atoms with Crippen molar-refractivity contribution in [2.24, 2.45) is 5.11 Å². The minimum absolute atomic E-state index is 0.138. The van der Waals surface area contributed by atoms with Crippen LogP contribution in [0.1, 0.15) is 5.56 Å². The van der Waals surface area contributed by atoms with Crippen LogP contribution in [0.3, 0.4) is 0 Å². The standard InChI is InChI=1S/C10H9F2N3O/c1-16-10-6-9(12)8(11)5-7(10)3-2-4-14-15-13/h2-3,5-6H,4H2,1H3. The molecule has 0 aromatic heterocycles. The van der Waals surface area contributed by atoms with E-state index in [1.807, 2.05) is 0 Å². The first-order valence-corrected chi connectivity index (χ1v) is 4.39. The summed E-state index contributed by atoms with van der Waals surface area (Å²) in [7, 11) is 1.36. The van der Waals surface area contributed by atoms with Gasteiger partial charge < -0.3 is 4.74 Å². The van der Waals surface area contributed by atoms with Crippen molar-refractivity contribution in [3.63, 3.8) is 0 Å². The Morgan fingerprint density at radius 3 is 2.75 bits per heavy atom. The van der Waals surface area contributed by atoms with Crippen molar-refractivity contribution < 1.29 is 13.5 Å². The molecule has 1 rings (SSSR count). The summed E-state index contributed by atoms with van der Waals surface area (Å²) < 4.78 is 30.6. The molecule has 0 saturated carbocycles. The third-order valence-corrected chi connectivity index (χ3v) is 1.82. The van der Waals surface area contributed by atoms with Crippen LogP contribution >= 0.6 is 0 Å². The van der Waals surface area contributed by atoms with Crippen molar-refractivity contribution in [1.29, 1.82) is 0 Å².